The Bertz CT molecular complexity index is 165. The average molecular weight is 234 g/mol. The van der Waals surface area contributed by atoms with Crippen LogP contribution < -0.4 is 0 Å². The molecule has 0 aliphatic rings. The molecular weight excluding hydrogens is 212 g/mol. The second kappa shape index (κ2) is 9.42. The fourth-order valence-electron chi connectivity index (χ4n) is 0.934. The van der Waals surface area contributed by atoms with Gasteiger partial charge in [-0.3, -0.25) is 0 Å². The summed E-state index contributed by atoms with van der Waals surface area (Å²) in [7, 11) is 0. The standard InChI is InChI=1S/C11H22O5/c1-5-7-13-9(3)15-11(12)16-10(4)14-8-6-2/h9-10H,5-8H2,1-4H3. The van der Waals surface area contributed by atoms with E-state index in [4.69, 9.17) is 18.9 Å². The van der Waals surface area contributed by atoms with E-state index in [2.05, 4.69) is 0 Å². The summed E-state index contributed by atoms with van der Waals surface area (Å²) in [5, 5.41) is 0. The van der Waals surface area contributed by atoms with Crippen LogP contribution in [-0.2, 0) is 18.9 Å². The second-order valence-corrected chi connectivity index (χ2v) is 3.36. The van der Waals surface area contributed by atoms with Crippen LogP contribution in [0.3, 0.4) is 0 Å². The van der Waals surface area contributed by atoms with Gasteiger partial charge in [-0.05, 0) is 26.7 Å². The van der Waals surface area contributed by atoms with Crippen LogP contribution in [0.4, 0.5) is 4.79 Å². The zero-order chi connectivity index (χ0) is 12.4. The minimum Gasteiger partial charge on any atom is -0.405 e. The second-order valence-electron chi connectivity index (χ2n) is 3.36. The van der Waals surface area contributed by atoms with Crippen LogP contribution in [0.2, 0.25) is 0 Å². The lowest BCUT2D eigenvalue weighted by Gasteiger charge is -2.16. The monoisotopic (exact) mass is 234 g/mol. The Labute approximate surface area is 97.0 Å². The normalized spacial score (nSPS) is 14.2. The maximum atomic E-state index is 11.2. The minimum absolute atomic E-state index is 0.552. The fraction of sp³-hybridized carbons (Fsp3) is 0.909. The molecule has 0 rings (SSSR count). The number of ether oxygens (including phenoxy) is 4. The van der Waals surface area contributed by atoms with E-state index in [-0.39, 0.29) is 0 Å². The predicted molar refractivity (Wildman–Crippen MR) is 59.0 cm³/mol. The molecule has 0 aliphatic carbocycles. The van der Waals surface area contributed by atoms with Crippen molar-refractivity contribution in [3.8, 4) is 0 Å². The molecule has 16 heavy (non-hydrogen) atoms. The molecule has 0 saturated carbocycles. The van der Waals surface area contributed by atoms with E-state index >= 15 is 0 Å². The molecule has 0 fully saturated rings. The van der Waals surface area contributed by atoms with Crippen molar-refractivity contribution in [2.75, 3.05) is 13.2 Å². The SMILES string of the molecule is CCCOC(C)OC(=O)OC(C)OCCC. The minimum atomic E-state index is -0.771. The van der Waals surface area contributed by atoms with Crippen molar-refractivity contribution in [1.82, 2.24) is 0 Å². The Balaban J connectivity index is 3.63. The van der Waals surface area contributed by atoms with Crippen molar-refractivity contribution in [1.29, 1.82) is 0 Å². The Hall–Kier alpha value is -0.810. The Morgan fingerprint density at radius 3 is 1.62 bits per heavy atom. The lowest BCUT2D eigenvalue weighted by molar-refractivity contribution is -0.151. The van der Waals surface area contributed by atoms with Gasteiger partial charge >= 0.3 is 6.16 Å². The maximum absolute atomic E-state index is 11.2. The van der Waals surface area contributed by atoms with Crippen molar-refractivity contribution in [3.63, 3.8) is 0 Å². The Morgan fingerprint density at radius 1 is 0.938 bits per heavy atom. The third-order valence-corrected chi connectivity index (χ3v) is 1.64. The molecule has 0 amide bonds. The summed E-state index contributed by atoms with van der Waals surface area (Å²) >= 11 is 0. The molecule has 0 spiro atoms. The number of carbonyl (C=O) groups is 1. The van der Waals surface area contributed by atoms with E-state index in [0.29, 0.717) is 13.2 Å². The molecule has 0 aliphatic heterocycles. The highest BCUT2D eigenvalue weighted by atomic mass is 16.8. The van der Waals surface area contributed by atoms with E-state index < -0.39 is 18.7 Å². The van der Waals surface area contributed by atoms with Gasteiger partial charge in [-0.1, -0.05) is 13.8 Å². The highest BCUT2D eigenvalue weighted by Crippen LogP contribution is 2.02. The van der Waals surface area contributed by atoms with E-state index in [1.54, 1.807) is 13.8 Å². The van der Waals surface area contributed by atoms with Crippen molar-refractivity contribution in [2.45, 2.75) is 53.1 Å². The van der Waals surface area contributed by atoms with Gasteiger partial charge in [0.05, 0.1) is 13.2 Å². The van der Waals surface area contributed by atoms with Gasteiger partial charge in [-0.2, -0.15) is 0 Å². The maximum Gasteiger partial charge on any atom is 0.512 e. The molecule has 2 atom stereocenters. The summed E-state index contributed by atoms with van der Waals surface area (Å²) in [5.74, 6) is 0. The molecule has 0 aromatic heterocycles. The summed E-state index contributed by atoms with van der Waals surface area (Å²) in [6, 6.07) is 0. The first-order valence-corrected chi connectivity index (χ1v) is 5.70. The van der Waals surface area contributed by atoms with Crippen LogP contribution in [0, 0.1) is 0 Å². The third kappa shape index (κ3) is 8.49. The third-order valence-electron chi connectivity index (χ3n) is 1.64. The first-order valence-electron chi connectivity index (χ1n) is 5.70. The topological polar surface area (TPSA) is 54.0 Å². The number of hydrogen-bond donors (Lipinski definition) is 0. The van der Waals surface area contributed by atoms with Crippen molar-refractivity contribution in [3.05, 3.63) is 0 Å². The molecule has 2 unspecified atom stereocenters. The summed E-state index contributed by atoms with van der Waals surface area (Å²) in [4.78, 5) is 11.2. The number of carbonyl (C=O) groups excluding carboxylic acids is 1. The van der Waals surface area contributed by atoms with Gasteiger partial charge in [0.1, 0.15) is 0 Å². The van der Waals surface area contributed by atoms with Crippen LogP contribution in [0.15, 0.2) is 0 Å². The molecule has 0 N–H and O–H groups in total. The molecule has 5 heteroatoms. The summed E-state index contributed by atoms with van der Waals surface area (Å²) < 4.78 is 20.0. The van der Waals surface area contributed by atoms with E-state index in [9.17, 15) is 4.79 Å². The Kier molecular flexibility index (Phi) is 8.94. The zero-order valence-electron chi connectivity index (χ0n) is 10.5. The number of rotatable bonds is 8. The summed E-state index contributed by atoms with van der Waals surface area (Å²) in [6.45, 7) is 8.35. The van der Waals surface area contributed by atoms with Crippen LogP contribution >= 0.6 is 0 Å². The largest absolute Gasteiger partial charge is 0.512 e. The van der Waals surface area contributed by atoms with Crippen LogP contribution in [0.25, 0.3) is 0 Å². The smallest absolute Gasteiger partial charge is 0.405 e. The van der Waals surface area contributed by atoms with Gasteiger partial charge in [0, 0.05) is 0 Å². The first kappa shape index (κ1) is 15.2. The van der Waals surface area contributed by atoms with Crippen LogP contribution in [0.1, 0.15) is 40.5 Å². The van der Waals surface area contributed by atoms with Gasteiger partial charge in [-0.15, -0.1) is 0 Å². The molecule has 5 nitrogen and oxygen atoms in total. The lowest BCUT2D eigenvalue weighted by atomic mass is 10.5. The quantitative estimate of drug-likeness (QED) is 0.477. The highest BCUT2D eigenvalue weighted by molar-refractivity contribution is 5.60. The molecule has 0 bridgehead atoms. The molecule has 0 aromatic carbocycles. The van der Waals surface area contributed by atoms with E-state index in [1.165, 1.54) is 0 Å². The molecule has 0 radical (unpaired) electrons. The van der Waals surface area contributed by atoms with Crippen molar-refractivity contribution < 1.29 is 23.7 Å². The molecular formula is C11H22O5. The van der Waals surface area contributed by atoms with Gasteiger partial charge in [0.15, 0.2) is 0 Å². The van der Waals surface area contributed by atoms with E-state index in [0.717, 1.165) is 12.8 Å². The van der Waals surface area contributed by atoms with Crippen LogP contribution in [0.5, 0.6) is 0 Å². The van der Waals surface area contributed by atoms with Crippen molar-refractivity contribution in [2.24, 2.45) is 0 Å². The zero-order valence-corrected chi connectivity index (χ0v) is 10.5. The first-order chi connectivity index (χ1) is 7.60. The molecule has 96 valence electrons. The summed E-state index contributed by atoms with van der Waals surface area (Å²) in [5.41, 5.74) is 0. The Morgan fingerprint density at radius 2 is 1.31 bits per heavy atom. The highest BCUT2D eigenvalue weighted by Gasteiger charge is 2.14. The van der Waals surface area contributed by atoms with E-state index in [1.807, 2.05) is 13.8 Å². The van der Waals surface area contributed by atoms with Gasteiger partial charge in [0.2, 0.25) is 12.6 Å². The van der Waals surface area contributed by atoms with Gasteiger partial charge < -0.3 is 18.9 Å². The summed E-state index contributed by atoms with van der Waals surface area (Å²) in [6.07, 6.45) is -0.207. The predicted octanol–water partition coefficient (Wildman–Crippen LogP) is 2.68. The molecule has 0 aromatic rings. The number of hydrogen-bond acceptors (Lipinski definition) is 5. The lowest BCUT2D eigenvalue weighted by Crippen LogP contribution is -2.24. The van der Waals surface area contributed by atoms with Gasteiger partial charge in [0.25, 0.3) is 0 Å². The van der Waals surface area contributed by atoms with Gasteiger partial charge in [-0.25, -0.2) is 4.79 Å². The fourth-order valence-corrected chi connectivity index (χ4v) is 0.934. The molecule has 0 heterocycles. The van der Waals surface area contributed by atoms with Crippen LogP contribution in [-0.4, -0.2) is 31.9 Å². The van der Waals surface area contributed by atoms with Crippen molar-refractivity contribution >= 4 is 6.16 Å². The molecule has 0 saturated heterocycles. The average Bonchev–Trinajstić information content (AvgIpc) is 2.23.